The van der Waals surface area contributed by atoms with E-state index in [0.29, 0.717) is 13.1 Å². The zero-order chi connectivity index (χ0) is 11.2. The van der Waals surface area contributed by atoms with Gasteiger partial charge >= 0.3 is 6.09 Å². The maximum Gasteiger partial charge on any atom is 0.410 e. The standard InChI is InChI=1S/C10H18N2O3/c1-10(2,3)15-9(14)12-5-6-8(13)7(12)4-11-6/h6-8,11,13H,4-5H2,1-3H3/t6-,7-,8?/m1/s1. The van der Waals surface area contributed by atoms with E-state index in [2.05, 4.69) is 5.32 Å². The molecule has 5 heteroatoms. The summed E-state index contributed by atoms with van der Waals surface area (Å²) in [7, 11) is 0. The first-order valence-corrected chi connectivity index (χ1v) is 5.29. The molecule has 0 radical (unpaired) electrons. The van der Waals surface area contributed by atoms with E-state index in [0.717, 1.165) is 0 Å². The van der Waals surface area contributed by atoms with Crippen molar-refractivity contribution < 1.29 is 14.6 Å². The third-order valence-electron chi connectivity index (χ3n) is 2.82. The van der Waals surface area contributed by atoms with Crippen LogP contribution in [0.3, 0.4) is 0 Å². The highest BCUT2D eigenvalue weighted by Crippen LogP contribution is 2.25. The van der Waals surface area contributed by atoms with Crippen LogP contribution in [-0.2, 0) is 4.74 Å². The molecule has 1 amide bonds. The van der Waals surface area contributed by atoms with Gasteiger partial charge in [0, 0.05) is 13.1 Å². The number of aliphatic hydroxyl groups is 1. The molecular formula is C10H18N2O3. The highest BCUT2D eigenvalue weighted by Gasteiger charge is 2.48. The molecule has 1 unspecified atom stereocenters. The summed E-state index contributed by atoms with van der Waals surface area (Å²) in [6.07, 6.45) is -0.770. The number of carbonyl (C=O) groups excluding carboxylic acids is 1. The van der Waals surface area contributed by atoms with Gasteiger partial charge in [-0.15, -0.1) is 0 Å². The molecule has 2 saturated heterocycles. The van der Waals surface area contributed by atoms with Crippen LogP contribution in [0.4, 0.5) is 4.79 Å². The molecule has 0 aromatic rings. The molecule has 0 spiro atoms. The van der Waals surface area contributed by atoms with Crippen molar-refractivity contribution in [3.05, 3.63) is 0 Å². The van der Waals surface area contributed by atoms with Crippen LogP contribution in [0.2, 0.25) is 0 Å². The molecule has 3 atom stereocenters. The van der Waals surface area contributed by atoms with Crippen molar-refractivity contribution in [1.82, 2.24) is 10.2 Å². The molecular weight excluding hydrogens is 196 g/mol. The summed E-state index contributed by atoms with van der Waals surface area (Å²) >= 11 is 0. The number of ether oxygens (including phenoxy) is 1. The fraction of sp³-hybridized carbons (Fsp3) is 0.900. The lowest BCUT2D eigenvalue weighted by Gasteiger charge is -2.30. The maximum absolute atomic E-state index is 11.8. The molecule has 0 aromatic heterocycles. The number of likely N-dealkylation sites (tertiary alicyclic amines) is 1. The largest absolute Gasteiger partial charge is 0.444 e. The van der Waals surface area contributed by atoms with Crippen molar-refractivity contribution in [1.29, 1.82) is 0 Å². The van der Waals surface area contributed by atoms with Crippen LogP contribution >= 0.6 is 0 Å². The highest BCUT2D eigenvalue weighted by molar-refractivity contribution is 5.69. The molecule has 2 rings (SSSR count). The van der Waals surface area contributed by atoms with E-state index in [-0.39, 0.29) is 18.2 Å². The van der Waals surface area contributed by atoms with Crippen molar-refractivity contribution >= 4 is 6.09 Å². The minimum atomic E-state index is -0.475. The summed E-state index contributed by atoms with van der Waals surface area (Å²) in [5.41, 5.74) is -0.475. The van der Waals surface area contributed by atoms with Crippen molar-refractivity contribution in [3.8, 4) is 0 Å². The summed E-state index contributed by atoms with van der Waals surface area (Å²) in [6.45, 7) is 6.72. The summed E-state index contributed by atoms with van der Waals surface area (Å²) in [5.74, 6) is 0. The number of carbonyl (C=O) groups is 1. The van der Waals surface area contributed by atoms with E-state index in [1.807, 2.05) is 20.8 Å². The van der Waals surface area contributed by atoms with Gasteiger partial charge in [0.05, 0.1) is 18.2 Å². The normalized spacial score (nSPS) is 34.7. The van der Waals surface area contributed by atoms with Crippen LogP contribution in [0.25, 0.3) is 0 Å². The summed E-state index contributed by atoms with van der Waals surface area (Å²) in [4.78, 5) is 13.4. The quantitative estimate of drug-likeness (QED) is 0.593. The second-order valence-corrected chi connectivity index (χ2v) is 5.21. The van der Waals surface area contributed by atoms with Gasteiger partial charge in [-0.3, -0.25) is 4.90 Å². The van der Waals surface area contributed by atoms with Crippen LogP contribution in [0.1, 0.15) is 20.8 Å². The molecule has 2 fully saturated rings. The number of hydrogen-bond acceptors (Lipinski definition) is 4. The zero-order valence-corrected chi connectivity index (χ0v) is 9.36. The molecule has 0 aliphatic carbocycles. The van der Waals surface area contributed by atoms with Gasteiger partial charge in [-0.25, -0.2) is 4.79 Å². The van der Waals surface area contributed by atoms with Crippen molar-refractivity contribution in [2.75, 3.05) is 13.1 Å². The second kappa shape index (κ2) is 3.35. The van der Waals surface area contributed by atoms with Gasteiger partial charge in [0.25, 0.3) is 0 Å². The molecule has 86 valence electrons. The van der Waals surface area contributed by atoms with Gasteiger partial charge < -0.3 is 15.2 Å². The van der Waals surface area contributed by atoms with Gasteiger partial charge in [-0.2, -0.15) is 0 Å². The Bertz CT molecular complexity index is 274. The molecule has 2 bridgehead atoms. The second-order valence-electron chi connectivity index (χ2n) is 5.21. The number of nitrogens with one attached hydrogen (secondary N) is 1. The number of rotatable bonds is 0. The average molecular weight is 214 g/mol. The van der Waals surface area contributed by atoms with E-state index in [1.54, 1.807) is 4.90 Å². The van der Waals surface area contributed by atoms with Crippen molar-refractivity contribution in [3.63, 3.8) is 0 Å². The molecule has 15 heavy (non-hydrogen) atoms. The van der Waals surface area contributed by atoms with Crippen LogP contribution in [0, 0.1) is 0 Å². The van der Waals surface area contributed by atoms with E-state index >= 15 is 0 Å². The minimum Gasteiger partial charge on any atom is -0.444 e. The van der Waals surface area contributed by atoms with Gasteiger partial charge in [0.15, 0.2) is 0 Å². The SMILES string of the molecule is CC(C)(C)OC(=O)N1C[C@H]2NC[C@@H]1C2O. The summed E-state index contributed by atoms with van der Waals surface area (Å²) in [6, 6.07) is -0.104. The third kappa shape index (κ3) is 1.94. The predicted molar refractivity (Wildman–Crippen MR) is 54.5 cm³/mol. The Hall–Kier alpha value is -0.810. The van der Waals surface area contributed by atoms with E-state index in [9.17, 15) is 9.90 Å². The molecule has 2 aliphatic rings. The predicted octanol–water partition coefficient (Wildman–Crippen LogP) is -0.0616. The monoisotopic (exact) mass is 214 g/mol. The number of fused-ring (bicyclic) bond motifs is 2. The first-order chi connectivity index (χ1) is 6.88. The molecule has 0 saturated carbocycles. The number of aliphatic hydroxyl groups excluding tert-OH is 1. The van der Waals surface area contributed by atoms with E-state index in [4.69, 9.17) is 4.74 Å². The van der Waals surface area contributed by atoms with E-state index < -0.39 is 11.7 Å². The first-order valence-electron chi connectivity index (χ1n) is 5.29. The molecule has 0 aromatic carbocycles. The fourth-order valence-electron chi connectivity index (χ4n) is 2.13. The fourth-order valence-corrected chi connectivity index (χ4v) is 2.13. The first kappa shape index (κ1) is 10.7. The Morgan fingerprint density at radius 1 is 1.53 bits per heavy atom. The Balaban J connectivity index is 1.99. The molecule has 2 aliphatic heterocycles. The lowest BCUT2D eigenvalue weighted by Crippen LogP contribution is -2.48. The lowest BCUT2D eigenvalue weighted by atomic mass is 10.2. The lowest BCUT2D eigenvalue weighted by molar-refractivity contribution is 0.0164. The van der Waals surface area contributed by atoms with Crippen molar-refractivity contribution in [2.45, 2.75) is 44.6 Å². The van der Waals surface area contributed by atoms with Gasteiger partial charge in [0.1, 0.15) is 5.60 Å². The number of amides is 1. The van der Waals surface area contributed by atoms with Crippen LogP contribution in [-0.4, -0.2) is 53.0 Å². The molecule has 5 nitrogen and oxygen atoms in total. The Labute approximate surface area is 89.4 Å². The maximum atomic E-state index is 11.8. The summed E-state index contributed by atoms with van der Waals surface area (Å²) in [5, 5.41) is 12.9. The number of nitrogens with zero attached hydrogens (tertiary/aromatic N) is 1. The van der Waals surface area contributed by atoms with E-state index in [1.165, 1.54) is 0 Å². The Morgan fingerprint density at radius 3 is 2.60 bits per heavy atom. The van der Waals surface area contributed by atoms with Crippen LogP contribution in [0.5, 0.6) is 0 Å². The van der Waals surface area contributed by atoms with Gasteiger partial charge in [0.2, 0.25) is 0 Å². The van der Waals surface area contributed by atoms with Gasteiger partial charge in [-0.1, -0.05) is 0 Å². The molecule has 2 heterocycles. The Morgan fingerprint density at radius 2 is 2.20 bits per heavy atom. The number of piperazine rings is 1. The minimum absolute atomic E-state index is 0.0162. The third-order valence-corrected chi connectivity index (χ3v) is 2.82. The highest BCUT2D eigenvalue weighted by atomic mass is 16.6. The average Bonchev–Trinajstić information content (AvgIpc) is 2.59. The van der Waals surface area contributed by atoms with Gasteiger partial charge in [-0.05, 0) is 20.8 Å². The zero-order valence-electron chi connectivity index (χ0n) is 9.36. The Kier molecular flexibility index (Phi) is 2.39. The number of hydrogen-bond donors (Lipinski definition) is 2. The topological polar surface area (TPSA) is 61.8 Å². The summed E-state index contributed by atoms with van der Waals surface area (Å²) < 4.78 is 5.27. The molecule has 2 N–H and O–H groups in total. The van der Waals surface area contributed by atoms with Crippen LogP contribution in [0.15, 0.2) is 0 Å². The van der Waals surface area contributed by atoms with Crippen LogP contribution < -0.4 is 5.32 Å². The van der Waals surface area contributed by atoms with Crippen molar-refractivity contribution in [2.24, 2.45) is 0 Å². The smallest absolute Gasteiger partial charge is 0.410 e.